The Balaban J connectivity index is 2.27. The van der Waals surface area contributed by atoms with Crippen LogP contribution in [0.5, 0.6) is 5.75 Å². The normalized spacial score (nSPS) is 13.5. The molecule has 1 aliphatic rings. The monoisotopic (exact) mass is 1040 g/mol. The number of nitrogens with one attached hydrogen (secondary N) is 2. The lowest BCUT2D eigenvalue weighted by atomic mass is 10.1. The fraction of sp³-hybridized carbons (Fsp3) is 0.717. The number of rotatable bonds is 16. The molecule has 0 aliphatic carbocycles. The molecule has 21 heteroatoms. The molecule has 2 rings (SSSR count). The molecule has 21 nitrogen and oxygen atoms in total. The van der Waals surface area contributed by atoms with Crippen molar-refractivity contribution in [2.45, 2.75) is 210 Å². The van der Waals surface area contributed by atoms with Gasteiger partial charge in [0.25, 0.3) is 0 Å². The number of amides is 6. The number of ether oxygens (including phenoxy) is 7. The molecule has 0 atom stereocenters. The van der Waals surface area contributed by atoms with Crippen LogP contribution in [0.15, 0.2) is 39.2 Å². The van der Waals surface area contributed by atoms with E-state index in [1.807, 2.05) is 32.9 Å². The van der Waals surface area contributed by atoms with E-state index in [1.165, 1.54) is 9.80 Å². The zero-order valence-electron chi connectivity index (χ0n) is 47.7. The van der Waals surface area contributed by atoms with Crippen molar-refractivity contribution >= 4 is 54.3 Å². The average molecular weight is 1050 g/mol. The minimum absolute atomic E-state index is 0.0246. The van der Waals surface area contributed by atoms with Crippen molar-refractivity contribution in [1.82, 2.24) is 25.3 Å². The van der Waals surface area contributed by atoms with Crippen LogP contribution >= 0.6 is 0 Å². The van der Waals surface area contributed by atoms with Crippen LogP contribution in [0.4, 0.5) is 28.8 Å². The van der Waals surface area contributed by atoms with E-state index in [0.717, 1.165) is 29.7 Å². The number of nitrogens with zero attached hydrogens (tertiary/aromatic N) is 6. The van der Waals surface area contributed by atoms with E-state index >= 15 is 0 Å². The van der Waals surface area contributed by atoms with Crippen LogP contribution in [0.3, 0.4) is 0 Å². The lowest BCUT2D eigenvalue weighted by Gasteiger charge is -2.34. The van der Waals surface area contributed by atoms with Crippen LogP contribution in [-0.4, -0.2) is 142 Å². The highest BCUT2D eigenvalue weighted by Crippen LogP contribution is 2.22. The van der Waals surface area contributed by atoms with Gasteiger partial charge >= 0.3 is 36.6 Å². The van der Waals surface area contributed by atoms with E-state index in [2.05, 4.69) is 25.6 Å². The summed E-state index contributed by atoms with van der Waals surface area (Å²) in [4.78, 5) is 96.7. The molecule has 2 N–H and O–H groups in total. The number of hydrogen-bond donors (Lipinski definition) is 2. The second-order valence-corrected chi connectivity index (χ2v) is 23.7. The molecule has 0 aromatic heterocycles. The van der Waals surface area contributed by atoms with Gasteiger partial charge in [-0.2, -0.15) is 0 Å². The summed E-state index contributed by atoms with van der Waals surface area (Å²) in [6, 6.07) is 7.21. The van der Waals surface area contributed by atoms with E-state index in [4.69, 9.17) is 33.2 Å². The first-order valence-corrected chi connectivity index (χ1v) is 25.6. The van der Waals surface area contributed by atoms with E-state index in [-0.39, 0.29) is 38.2 Å². The van der Waals surface area contributed by atoms with Gasteiger partial charge in [-0.05, 0) is 175 Å². The molecule has 1 heterocycles. The third-order valence-electron chi connectivity index (χ3n) is 9.21. The van der Waals surface area contributed by atoms with E-state index in [9.17, 15) is 28.8 Å². The Kier molecular flexibility index (Phi) is 24.2. The standard InChI is InChI=1S/C53H88N8O13/c1-48(2,3)69-42(62)56-40(57-43(63)70-49(4,5)6)55-31-23-21-19-20-22-24-33-60(46(66)73-52(13,14)15)41(58-44(64)71-50(7,8)9)61(47(67)74-53(16,17)18)34-25-26-36-68-38-29-27-37(28-30-38)39-54-32-35-59(39)45(65)72-51(10,11)12/h27-30H,19-26,31-36H2,1-18H3,(H2,55,56,57,62,63). The Morgan fingerprint density at radius 1 is 0.554 bits per heavy atom. The van der Waals surface area contributed by atoms with Gasteiger partial charge < -0.3 is 33.2 Å². The highest BCUT2D eigenvalue weighted by atomic mass is 16.6. The Hall–Kier alpha value is -6.15. The maximum absolute atomic E-state index is 14.2. The molecule has 0 bridgehead atoms. The van der Waals surface area contributed by atoms with E-state index in [0.29, 0.717) is 56.8 Å². The quantitative estimate of drug-likeness (QED) is 0.0679. The number of aliphatic imine (C=N–C) groups is 3. The maximum Gasteiger partial charge on any atom is 0.437 e. The molecule has 74 heavy (non-hydrogen) atoms. The third-order valence-corrected chi connectivity index (χ3v) is 9.21. The summed E-state index contributed by atoms with van der Waals surface area (Å²) in [6.07, 6.45) is 0.0778. The summed E-state index contributed by atoms with van der Waals surface area (Å²) in [5.74, 6) is 0.699. The van der Waals surface area contributed by atoms with Crippen LogP contribution in [-0.2, 0) is 28.4 Å². The van der Waals surface area contributed by atoms with Crippen LogP contribution in [0.1, 0.15) is 182 Å². The van der Waals surface area contributed by atoms with Crippen molar-refractivity contribution in [1.29, 1.82) is 0 Å². The number of benzene rings is 1. The van der Waals surface area contributed by atoms with E-state index < -0.39 is 70.2 Å². The number of unbranched alkanes of at least 4 members (excludes halogenated alkanes) is 6. The minimum Gasteiger partial charge on any atom is -0.494 e. The van der Waals surface area contributed by atoms with Crippen molar-refractivity contribution in [2.24, 2.45) is 15.0 Å². The lowest BCUT2D eigenvalue weighted by Crippen LogP contribution is -2.53. The number of carbonyl (C=O) groups excluding carboxylic acids is 6. The van der Waals surface area contributed by atoms with Gasteiger partial charge in [0.05, 0.1) is 19.7 Å². The lowest BCUT2D eigenvalue weighted by molar-refractivity contribution is 0.0267. The van der Waals surface area contributed by atoms with Gasteiger partial charge in [0.1, 0.15) is 45.2 Å². The van der Waals surface area contributed by atoms with Crippen molar-refractivity contribution in [3.05, 3.63) is 29.8 Å². The first kappa shape index (κ1) is 64.0. The largest absolute Gasteiger partial charge is 0.494 e. The van der Waals surface area contributed by atoms with Crippen molar-refractivity contribution in [3.63, 3.8) is 0 Å². The summed E-state index contributed by atoms with van der Waals surface area (Å²) in [7, 11) is 0. The summed E-state index contributed by atoms with van der Waals surface area (Å²) in [6.45, 7) is 32.5. The molecular weight excluding hydrogens is 957 g/mol. The van der Waals surface area contributed by atoms with Crippen molar-refractivity contribution in [3.8, 4) is 5.75 Å². The zero-order valence-corrected chi connectivity index (χ0v) is 47.7. The van der Waals surface area contributed by atoms with Crippen LogP contribution in [0.2, 0.25) is 0 Å². The maximum atomic E-state index is 14.2. The van der Waals surface area contributed by atoms with Crippen molar-refractivity contribution in [2.75, 3.05) is 39.3 Å². The predicted molar refractivity (Wildman–Crippen MR) is 284 cm³/mol. The summed E-state index contributed by atoms with van der Waals surface area (Å²) >= 11 is 0. The van der Waals surface area contributed by atoms with Crippen LogP contribution in [0.25, 0.3) is 0 Å². The first-order valence-electron chi connectivity index (χ1n) is 25.6. The third kappa shape index (κ3) is 27.8. The molecule has 0 unspecified atom stereocenters. The smallest absolute Gasteiger partial charge is 0.437 e. The number of guanidine groups is 2. The molecule has 1 aliphatic heterocycles. The van der Waals surface area contributed by atoms with Gasteiger partial charge in [-0.15, -0.1) is 4.99 Å². The SMILES string of the molecule is CC(C)(C)OC(=O)N=C(N(CCCCCCCCN=C(NC(=O)OC(C)(C)C)NC(=O)OC(C)(C)C)C(=O)OC(C)(C)C)N(CCCCOc1ccc(C2=NCCN2C(=O)OC(C)(C)C)cc1)C(=O)OC(C)(C)C. The highest BCUT2D eigenvalue weighted by molar-refractivity contribution is 6.08. The van der Waals surface area contributed by atoms with Crippen LogP contribution in [0, 0.1) is 0 Å². The number of amidine groups is 1. The van der Waals surface area contributed by atoms with E-state index in [1.54, 1.807) is 116 Å². The Labute approximate surface area is 439 Å². The van der Waals surface area contributed by atoms with Gasteiger partial charge in [-0.1, -0.05) is 25.7 Å². The second-order valence-electron chi connectivity index (χ2n) is 23.7. The van der Waals surface area contributed by atoms with Gasteiger partial charge in [0, 0.05) is 25.2 Å². The number of hydrogen-bond acceptors (Lipinski definition) is 15. The average Bonchev–Trinajstić information content (AvgIpc) is 3.69. The molecule has 1 aromatic carbocycles. The highest BCUT2D eigenvalue weighted by Gasteiger charge is 2.36. The summed E-state index contributed by atoms with van der Waals surface area (Å²) in [5.41, 5.74) is -4.32. The summed E-state index contributed by atoms with van der Waals surface area (Å²) in [5, 5.41) is 4.97. The number of alkyl carbamates (subject to hydrolysis) is 2. The molecular formula is C53H88N8O13. The zero-order chi connectivity index (χ0) is 56.3. The minimum atomic E-state index is -1.02. The fourth-order valence-electron chi connectivity index (χ4n) is 6.45. The first-order chi connectivity index (χ1) is 33.9. The Morgan fingerprint density at radius 3 is 1.45 bits per heavy atom. The second kappa shape index (κ2) is 27.9. The molecule has 1 aromatic rings. The van der Waals surface area contributed by atoms with Crippen molar-refractivity contribution < 1.29 is 61.9 Å². The number of carbonyl (C=O) groups is 6. The molecule has 0 fully saturated rings. The topological polar surface area (TPSA) is 238 Å². The predicted octanol–water partition coefficient (Wildman–Crippen LogP) is 11.4. The molecule has 0 spiro atoms. The van der Waals surface area contributed by atoms with Gasteiger partial charge in [-0.3, -0.25) is 25.5 Å². The molecule has 0 radical (unpaired) electrons. The molecule has 418 valence electrons. The van der Waals surface area contributed by atoms with Gasteiger partial charge in [-0.25, -0.2) is 38.6 Å². The summed E-state index contributed by atoms with van der Waals surface area (Å²) < 4.78 is 39.5. The van der Waals surface area contributed by atoms with Crippen LogP contribution < -0.4 is 15.4 Å². The van der Waals surface area contributed by atoms with Gasteiger partial charge in [0.2, 0.25) is 11.9 Å². The molecule has 0 saturated carbocycles. The molecule has 6 amide bonds. The Bertz CT molecular complexity index is 2080. The van der Waals surface area contributed by atoms with Gasteiger partial charge in [0.15, 0.2) is 0 Å². The molecule has 0 saturated heterocycles. The fourth-order valence-corrected chi connectivity index (χ4v) is 6.45. The Morgan fingerprint density at radius 2 is 0.986 bits per heavy atom.